The van der Waals surface area contributed by atoms with Crippen LogP contribution in [-0.2, 0) is 6.18 Å². The van der Waals surface area contributed by atoms with Crippen LogP contribution in [0.2, 0.25) is 0 Å². The third kappa shape index (κ3) is 5.50. The molecule has 3 rings (SSSR count). The Morgan fingerprint density at radius 3 is 1.94 bits per heavy atom. The summed E-state index contributed by atoms with van der Waals surface area (Å²) in [6, 6.07) is 11.9. The van der Waals surface area contributed by atoms with Gasteiger partial charge in [-0.15, -0.1) is 0 Å². The Hall–Kier alpha value is -3.43. The van der Waals surface area contributed by atoms with E-state index in [0.717, 1.165) is 42.5 Å². The van der Waals surface area contributed by atoms with E-state index in [-0.39, 0.29) is 11.3 Å². The molecule has 3 aromatic carbocycles. The molecule has 0 saturated heterocycles. The molecule has 1 atom stereocenters. The summed E-state index contributed by atoms with van der Waals surface area (Å²) in [5, 5.41) is 2.13. The maximum absolute atomic E-state index is 15.2. The predicted molar refractivity (Wildman–Crippen MR) is 108 cm³/mol. The van der Waals surface area contributed by atoms with Crippen molar-refractivity contribution < 1.29 is 40.2 Å². The average molecular weight is 473 g/mol. The van der Waals surface area contributed by atoms with E-state index in [1.54, 1.807) is 0 Å². The van der Waals surface area contributed by atoms with Gasteiger partial charge in [-0.3, -0.25) is 0 Å². The Bertz CT molecular complexity index is 1050. The Kier molecular flexibility index (Phi) is 6.76. The first-order valence-corrected chi connectivity index (χ1v) is 9.51. The lowest BCUT2D eigenvalue weighted by molar-refractivity contribution is -0.314. The summed E-state index contributed by atoms with van der Waals surface area (Å²) in [5.74, 6) is -5.13. The second-order valence-electron chi connectivity index (χ2n) is 6.98. The largest absolute Gasteiger partial charge is 0.497 e. The Morgan fingerprint density at radius 2 is 1.36 bits per heavy atom. The molecule has 176 valence electrons. The van der Waals surface area contributed by atoms with Gasteiger partial charge < -0.3 is 14.8 Å². The summed E-state index contributed by atoms with van der Waals surface area (Å²) in [5.41, 5.74) is -1.88. The molecule has 10 heteroatoms. The minimum Gasteiger partial charge on any atom is -0.497 e. The number of benzene rings is 3. The van der Waals surface area contributed by atoms with Crippen LogP contribution in [0.1, 0.15) is 17.2 Å². The third-order valence-corrected chi connectivity index (χ3v) is 4.69. The SMILES string of the molecule is COc1ccc(C(Nc2cccc(C(F)(F)F)c2)C(F)(F)C(F)(F)Oc2ccccc2)cc1. The van der Waals surface area contributed by atoms with Crippen molar-refractivity contribution in [1.29, 1.82) is 0 Å². The monoisotopic (exact) mass is 473 g/mol. The first-order chi connectivity index (χ1) is 15.4. The molecule has 0 saturated carbocycles. The number of hydrogen-bond donors (Lipinski definition) is 1. The number of nitrogens with one attached hydrogen (secondary N) is 1. The van der Waals surface area contributed by atoms with Gasteiger partial charge in [-0.25, -0.2) is 0 Å². The number of rotatable bonds is 8. The smallest absolute Gasteiger partial charge is 0.466 e. The van der Waals surface area contributed by atoms with Crippen molar-refractivity contribution in [2.75, 3.05) is 12.4 Å². The van der Waals surface area contributed by atoms with E-state index < -0.39 is 41.2 Å². The highest BCUT2D eigenvalue weighted by molar-refractivity contribution is 5.50. The molecule has 0 fully saturated rings. The van der Waals surface area contributed by atoms with Crippen molar-refractivity contribution in [3.05, 3.63) is 90.0 Å². The topological polar surface area (TPSA) is 30.5 Å². The molecule has 0 bridgehead atoms. The molecule has 3 nitrogen and oxygen atoms in total. The number of ether oxygens (including phenoxy) is 2. The fraction of sp³-hybridized carbons (Fsp3) is 0.217. The van der Waals surface area contributed by atoms with E-state index in [1.165, 1.54) is 37.4 Å². The first-order valence-electron chi connectivity index (χ1n) is 9.51. The fourth-order valence-electron chi connectivity index (χ4n) is 3.00. The molecule has 0 aromatic heterocycles. The van der Waals surface area contributed by atoms with Gasteiger partial charge in [-0.2, -0.15) is 30.7 Å². The summed E-state index contributed by atoms with van der Waals surface area (Å²) < 4.78 is 108. The number of methoxy groups -OCH3 is 1. The lowest BCUT2D eigenvalue weighted by Crippen LogP contribution is -2.51. The Labute approximate surface area is 184 Å². The summed E-state index contributed by atoms with van der Waals surface area (Å²) in [7, 11) is 1.32. The zero-order chi connectivity index (χ0) is 24.3. The van der Waals surface area contributed by atoms with E-state index in [9.17, 15) is 22.0 Å². The van der Waals surface area contributed by atoms with Crippen LogP contribution in [0.15, 0.2) is 78.9 Å². The molecule has 3 aromatic rings. The maximum Gasteiger partial charge on any atom is 0.466 e. The molecule has 33 heavy (non-hydrogen) atoms. The number of halogens is 7. The van der Waals surface area contributed by atoms with Crippen LogP contribution in [0, 0.1) is 0 Å². The van der Waals surface area contributed by atoms with Crippen LogP contribution < -0.4 is 14.8 Å². The van der Waals surface area contributed by atoms with Crippen molar-refractivity contribution in [3.8, 4) is 11.5 Å². The second kappa shape index (κ2) is 9.21. The van der Waals surface area contributed by atoms with Gasteiger partial charge >= 0.3 is 18.2 Å². The number of hydrogen-bond acceptors (Lipinski definition) is 3. The van der Waals surface area contributed by atoms with Gasteiger partial charge in [0, 0.05) is 5.69 Å². The average Bonchev–Trinajstić information content (AvgIpc) is 2.77. The van der Waals surface area contributed by atoms with Gasteiger partial charge in [0.15, 0.2) is 0 Å². The lowest BCUT2D eigenvalue weighted by atomic mass is 9.98. The normalized spacial score (nSPS) is 13.3. The molecule has 0 amide bonds. The van der Waals surface area contributed by atoms with E-state index in [2.05, 4.69) is 10.1 Å². The number of alkyl halides is 7. The standard InChI is InChI=1S/C23H18F7NO2/c1-32-18-12-10-15(11-13-18)20(31-17-7-5-6-16(14-17)22(26,27)28)21(24,25)23(29,30)33-19-8-3-2-4-9-19/h2-14,20,31H,1H3. The third-order valence-electron chi connectivity index (χ3n) is 4.69. The summed E-state index contributed by atoms with van der Waals surface area (Å²) >= 11 is 0. The molecule has 0 radical (unpaired) electrons. The first kappa shape index (κ1) is 24.2. The van der Waals surface area contributed by atoms with Crippen molar-refractivity contribution in [2.45, 2.75) is 24.2 Å². The summed E-state index contributed by atoms with van der Waals surface area (Å²) in [6.45, 7) is 0. The van der Waals surface area contributed by atoms with Gasteiger partial charge in [0.2, 0.25) is 0 Å². The molecule has 0 aliphatic carbocycles. The molecule has 0 aliphatic heterocycles. The van der Waals surface area contributed by atoms with Crippen LogP contribution in [-0.4, -0.2) is 19.1 Å². The molecule has 1 N–H and O–H groups in total. The minimum absolute atomic E-state index is 0.271. The highest BCUT2D eigenvalue weighted by Gasteiger charge is 2.64. The van der Waals surface area contributed by atoms with Crippen molar-refractivity contribution >= 4 is 5.69 Å². The van der Waals surface area contributed by atoms with Crippen LogP contribution in [0.3, 0.4) is 0 Å². The minimum atomic E-state index is -5.02. The van der Waals surface area contributed by atoms with Gasteiger partial charge in [0.05, 0.1) is 12.7 Å². The van der Waals surface area contributed by atoms with E-state index >= 15 is 8.78 Å². The highest BCUT2D eigenvalue weighted by Crippen LogP contribution is 2.46. The number of anilines is 1. The summed E-state index contributed by atoms with van der Waals surface area (Å²) in [4.78, 5) is 0. The van der Waals surface area contributed by atoms with Crippen molar-refractivity contribution in [3.63, 3.8) is 0 Å². The maximum atomic E-state index is 15.2. The van der Waals surface area contributed by atoms with E-state index in [4.69, 9.17) is 4.74 Å². The van der Waals surface area contributed by atoms with E-state index in [0.29, 0.717) is 6.07 Å². The Balaban J connectivity index is 2.02. The van der Waals surface area contributed by atoms with Gasteiger partial charge in [0.1, 0.15) is 17.5 Å². The van der Waals surface area contributed by atoms with E-state index in [1.807, 2.05) is 0 Å². The van der Waals surface area contributed by atoms with Crippen LogP contribution in [0.4, 0.5) is 36.4 Å². The van der Waals surface area contributed by atoms with Crippen molar-refractivity contribution in [2.24, 2.45) is 0 Å². The zero-order valence-electron chi connectivity index (χ0n) is 17.0. The van der Waals surface area contributed by atoms with Crippen LogP contribution in [0.25, 0.3) is 0 Å². The lowest BCUT2D eigenvalue weighted by Gasteiger charge is -2.34. The van der Waals surface area contributed by atoms with Gasteiger partial charge in [-0.05, 0) is 48.0 Å². The van der Waals surface area contributed by atoms with Crippen LogP contribution >= 0.6 is 0 Å². The quantitative estimate of drug-likeness (QED) is 0.352. The predicted octanol–water partition coefficient (Wildman–Crippen LogP) is 7.17. The van der Waals surface area contributed by atoms with Gasteiger partial charge in [-0.1, -0.05) is 36.4 Å². The zero-order valence-corrected chi connectivity index (χ0v) is 17.0. The molecule has 1 unspecified atom stereocenters. The fourth-order valence-corrected chi connectivity index (χ4v) is 3.00. The van der Waals surface area contributed by atoms with Crippen LogP contribution in [0.5, 0.6) is 11.5 Å². The highest BCUT2D eigenvalue weighted by atomic mass is 19.4. The molecule has 0 aliphatic rings. The second-order valence-corrected chi connectivity index (χ2v) is 6.98. The molecule has 0 spiro atoms. The molecular formula is C23H18F7NO2. The molecular weight excluding hydrogens is 455 g/mol. The number of para-hydroxylation sites is 1. The van der Waals surface area contributed by atoms with Crippen molar-refractivity contribution in [1.82, 2.24) is 0 Å². The summed E-state index contributed by atoms with van der Waals surface area (Å²) in [6.07, 6.45) is -9.77. The Morgan fingerprint density at radius 1 is 0.727 bits per heavy atom. The van der Waals surface area contributed by atoms with Gasteiger partial charge in [0.25, 0.3) is 0 Å². The molecule has 0 heterocycles.